The van der Waals surface area contributed by atoms with Gasteiger partial charge in [0.2, 0.25) is 0 Å². The molecule has 4 heteroatoms. The minimum atomic E-state index is -1.00. The summed E-state index contributed by atoms with van der Waals surface area (Å²) in [7, 11) is 0. The molecule has 0 amide bonds. The Morgan fingerprint density at radius 2 is 1.90 bits per heavy atom. The van der Waals surface area contributed by atoms with Crippen molar-refractivity contribution in [3.05, 3.63) is 64.7 Å². The zero-order valence-electron chi connectivity index (χ0n) is 11.6. The molecule has 0 bridgehead atoms. The Morgan fingerprint density at radius 3 is 2.67 bits per heavy atom. The van der Waals surface area contributed by atoms with Gasteiger partial charge in [-0.2, -0.15) is 0 Å². The molecular weight excluding hydrogens is 266 g/mol. The standard InChI is InChI=1S/C17H17NO3/c19-15-6-5-14(16(9-15)17(20)21)11-18-8-7-12-3-1-2-4-13(12)10-18/h1-6,9,19H,7-8,10-11H2,(H,20,21). The molecule has 2 aromatic carbocycles. The first-order chi connectivity index (χ1) is 10.1. The number of nitrogens with zero attached hydrogens (tertiary/aromatic N) is 1. The maximum atomic E-state index is 11.3. The molecule has 0 saturated carbocycles. The fourth-order valence-corrected chi connectivity index (χ4v) is 2.83. The third kappa shape index (κ3) is 2.90. The van der Waals surface area contributed by atoms with Gasteiger partial charge in [-0.15, -0.1) is 0 Å². The van der Waals surface area contributed by atoms with Crippen molar-refractivity contribution in [1.29, 1.82) is 0 Å². The lowest BCUT2D eigenvalue weighted by atomic mass is 9.99. The summed E-state index contributed by atoms with van der Waals surface area (Å²) in [5.74, 6) is -1.02. The molecule has 0 saturated heterocycles. The van der Waals surface area contributed by atoms with Crippen LogP contribution in [0.4, 0.5) is 0 Å². The van der Waals surface area contributed by atoms with Crippen LogP contribution < -0.4 is 0 Å². The zero-order valence-corrected chi connectivity index (χ0v) is 11.6. The van der Waals surface area contributed by atoms with E-state index in [4.69, 9.17) is 0 Å². The molecule has 4 nitrogen and oxygen atoms in total. The van der Waals surface area contributed by atoms with Crippen LogP contribution in [0.25, 0.3) is 0 Å². The molecule has 0 fully saturated rings. The van der Waals surface area contributed by atoms with Gasteiger partial charge in [-0.1, -0.05) is 30.3 Å². The van der Waals surface area contributed by atoms with Crippen molar-refractivity contribution in [3.63, 3.8) is 0 Å². The third-order valence-electron chi connectivity index (χ3n) is 3.93. The second-order valence-corrected chi connectivity index (χ2v) is 5.38. The summed E-state index contributed by atoms with van der Waals surface area (Å²) in [6.07, 6.45) is 0.983. The van der Waals surface area contributed by atoms with Crippen LogP contribution in [0.3, 0.4) is 0 Å². The van der Waals surface area contributed by atoms with Crippen molar-refractivity contribution >= 4 is 5.97 Å². The number of hydrogen-bond acceptors (Lipinski definition) is 3. The van der Waals surface area contributed by atoms with Gasteiger partial charge in [0, 0.05) is 19.6 Å². The summed E-state index contributed by atoms with van der Waals surface area (Å²) < 4.78 is 0. The average molecular weight is 283 g/mol. The van der Waals surface area contributed by atoms with Gasteiger partial charge >= 0.3 is 5.97 Å². The minimum Gasteiger partial charge on any atom is -0.508 e. The molecule has 0 spiro atoms. The lowest BCUT2D eigenvalue weighted by molar-refractivity contribution is 0.0693. The van der Waals surface area contributed by atoms with Crippen molar-refractivity contribution in [2.45, 2.75) is 19.5 Å². The van der Waals surface area contributed by atoms with E-state index in [0.717, 1.165) is 25.1 Å². The number of benzene rings is 2. The van der Waals surface area contributed by atoms with Crippen LogP contribution in [0.5, 0.6) is 5.75 Å². The van der Waals surface area contributed by atoms with Gasteiger partial charge in [0.25, 0.3) is 0 Å². The Labute approximate surface area is 123 Å². The predicted octanol–water partition coefficient (Wildman–Crippen LogP) is 2.65. The summed E-state index contributed by atoms with van der Waals surface area (Å²) >= 11 is 0. The van der Waals surface area contributed by atoms with Crippen LogP contribution in [-0.4, -0.2) is 27.6 Å². The highest BCUT2D eigenvalue weighted by molar-refractivity contribution is 5.89. The minimum absolute atomic E-state index is 0.0138. The van der Waals surface area contributed by atoms with Gasteiger partial charge in [0.15, 0.2) is 0 Å². The van der Waals surface area contributed by atoms with E-state index in [1.807, 2.05) is 6.07 Å². The molecule has 1 heterocycles. The first-order valence-corrected chi connectivity index (χ1v) is 6.98. The summed E-state index contributed by atoms with van der Waals surface area (Å²) in [6, 6.07) is 12.9. The van der Waals surface area contributed by atoms with E-state index in [1.165, 1.54) is 17.2 Å². The van der Waals surface area contributed by atoms with E-state index in [2.05, 4.69) is 23.1 Å². The molecule has 1 aliphatic heterocycles. The summed E-state index contributed by atoms with van der Waals surface area (Å²) in [6.45, 7) is 2.32. The fraction of sp³-hybridized carbons (Fsp3) is 0.235. The number of carboxylic acids is 1. The molecule has 1 aliphatic rings. The number of aromatic carboxylic acids is 1. The average Bonchev–Trinajstić information content (AvgIpc) is 2.49. The van der Waals surface area contributed by atoms with Crippen molar-refractivity contribution in [2.75, 3.05) is 6.54 Å². The molecule has 0 unspecified atom stereocenters. The van der Waals surface area contributed by atoms with Crippen LogP contribution >= 0.6 is 0 Å². The molecule has 0 radical (unpaired) electrons. The third-order valence-corrected chi connectivity index (χ3v) is 3.93. The van der Waals surface area contributed by atoms with E-state index < -0.39 is 5.97 Å². The number of carbonyl (C=O) groups is 1. The normalized spacial score (nSPS) is 14.7. The Kier molecular flexibility index (Phi) is 3.62. The van der Waals surface area contributed by atoms with Gasteiger partial charge in [-0.05, 0) is 35.2 Å². The first kappa shape index (κ1) is 13.6. The fourth-order valence-electron chi connectivity index (χ4n) is 2.83. The Bertz CT molecular complexity index is 681. The molecule has 0 aromatic heterocycles. The lowest BCUT2D eigenvalue weighted by Crippen LogP contribution is -2.30. The molecule has 108 valence electrons. The second kappa shape index (κ2) is 5.58. The van der Waals surface area contributed by atoms with Crippen LogP contribution in [0.1, 0.15) is 27.0 Å². The summed E-state index contributed by atoms with van der Waals surface area (Å²) in [4.78, 5) is 13.5. The smallest absolute Gasteiger partial charge is 0.336 e. The van der Waals surface area contributed by atoms with E-state index in [1.54, 1.807) is 12.1 Å². The zero-order chi connectivity index (χ0) is 14.8. The van der Waals surface area contributed by atoms with Gasteiger partial charge in [-0.3, -0.25) is 4.90 Å². The van der Waals surface area contributed by atoms with Crippen LogP contribution in [0.2, 0.25) is 0 Å². The summed E-state index contributed by atoms with van der Waals surface area (Å²) in [5.41, 5.74) is 3.59. The number of fused-ring (bicyclic) bond motifs is 1. The number of hydrogen-bond donors (Lipinski definition) is 2. The van der Waals surface area contributed by atoms with Crippen LogP contribution in [0.15, 0.2) is 42.5 Å². The van der Waals surface area contributed by atoms with Gasteiger partial charge in [0.1, 0.15) is 5.75 Å². The molecule has 0 aliphatic carbocycles. The van der Waals surface area contributed by atoms with Crippen molar-refractivity contribution < 1.29 is 15.0 Å². The molecule has 2 N–H and O–H groups in total. The summed E-state index contributed by atoms with van der Waals surface area (Å²) in [5, 5.41) is 18.7. The van der Waals surface area contributed by atoms with Gasteiger partial charge in [-0.25, -0.2) is 4.79 Å². The maximum absolute atomic E-state index is 11.3. The number of phenols is 1. The lowest BCUT2D eigenvalue weighted by Gasteiger charge is -2.29. The highest BCUT2D eigenvalue weighted by atomic mass is 16.4. The second-order valence-electron chi connectivity index (χ2n) is 5.38. The largest absolute Gasteiger partial charge is 0.508 e. The van der Waals surface area contributed by atoms with Crippen LogP contribution in [0, 0.1) is 0 Å². The van der Waals surface area contributed by atoms with Crippen molar-refractivity contribution in [1.82, 2.24) is 4.90 Å². The topological polar surface area (TPSA) is 60.8 Å². The van der Waals surface area contributed by atoms with Crippen LogP contribution in [-0.2, 0) is 19.5 Å². The van der Waals surface area contributed by atoms with Crippen molar-refractivity contribution in [2.24, 2.45) is 0 Å². The SMILES string of the molecule is O=C(O)c1cc(O)ccc1CN1CCc2ccccc2C1. The van der Waals surface area contributed by atoms with E-state index in [0.29, 0.717) is 6.54 Å². The molecule has 2 aromatic rings. The Balaban J connectivity index is 1.81. The molecular formula is C17H17NO3. The maximum Gasteiger partial charge on any atom is 0.336 e. The number of aromatic hydroxyl groups is 1. The van der Waals surface area contributed by atoms with E-state index in [9.17, 15) is 15.0 Å². The van der Waals surface area contributed by atoms with Gasteiger partial charge < -0.3 is 10.2 Å². The van der Waals surface area contributed by atoms with E-state index >= 15 is 0 Å². The molecule has 0 atom stereocenters. The molecule has 21 heavy (non-hydrogen) atoms. The predicted molar refractivity (Wildman–Crippen MR) is 79.3 cm³/mol. The van der Waals surface area contributed by atoms with Gasteiger partial charge in [0.05, 0.1) is 5.56 Å². The monoisotopic (exact) mass is 283 g/mol. The Hall–Kier alpha value is -2.33. The number of phenolic OH excluding ortho intramolecular Hbond substituents is 1. The highest BCUT2D eigenvalue weighted by Gasteiger charge is 2.18. The number of rotatable bonds is 3. The quantitative estimate of drug-likeness (QED) is 0.909. The van der Waals surface area contributed by atoms with Crippen molar-refractivity contribution in [3.8, 4) is 5.75 Å². The molecule has 3 rings (SSSR count). The first-order valence-electron chi connectivity index (χ1n) is 6.98. The highest BCUT2D eigenvalue weighted by Crippen LogP contribution is 2.23. The Morgan fingerprint density at radius 1 is 1.14 bits per heavy atom. The number of carboxylic acid groups (broad SMARTS) is 1. The van der Waals surface area contributed by atoms with E-state index in [-0.39, 0.29) is 11.3 Å².